The van der Waals surface area contributed by atoms with Crippen molar-refractivity contribution in [2.45, 2.75) is 32.7 Å². The van der Waals surface area contributed by atoms with Gasteiger partial charge in [0, 0.05) is 10.7 Å². The SMILES string of the molecule is Cc1ccc(CC(N)Cc2csc3ccccc23)cc1C. The van der Waals surface area contributed by atoms with Crippen molar-refractivity contribution in [3.63, 3.8) is 0 Å². The van der Waals surface area contributed by atoms with Crippen molar-refractivity contribution >= 4 is 21.4 Å². The Labute approximate surface area is 130 Å². The standard InChI is InChI=1S/C19H21NS/c1-13-7-8-15(9-14(13)2)10-17(20)11-16-12-21-19-6-4-3-5-18(16)19/h3-9,12,17H,10-11,20H2,1-2H3. The predicted molar refractivity (Wildman–Crippen MR) is 93.1 cm³/mol. The minimum absolute atomic E-state index is 0.171. The molecule has 0 aliphatic rings. The molecule has 0 bridgehead atoms. The zero-order valence-corrected chi connectivity index (χ0v) is 13.4. The average Bonchev–Trinajstić information content (AvgIpc) is 2.86. The Kier molecular flexibility index (Phi) is 4.09. The van der Waals surface area contributed by atoms with Gasteiger partial charge in [-0.2, -0.15) is 0 Å². The van der Waals surface area contributed by atoms with Crippen LogP contribution in [0.15, 0.2) is 47.8 Å². The van der Waals surface area contributed by atoms with Crippen molar-refractivity contribution < 1.29 is 0 Å². The second-order valence-corrected chi connectivity index (χ2v) is 6.76. The topological polar surface area (TPSA) is 26.0 Å². The van der Waals surface area contributed by atoms with Gasteiger partial charge in [-0.15, -0.1) is 11.3 Å². The van der Waals surface area contributed by atoms with E-state index in [0.717, 1.165) is 12.8 Å². The highest BCUT2D eigenvalue weighted by atomic mass is 32.1. The summed E-state index contributed by atoms with van der Waals surface area (Å²) in [4.78, 5) is 0. The lowest BCUT2D eigenvalue weighted by Crippen LogP contribution is -2.25. The van der Waals surface area contributed by atoms with E-state index < -0.39 is 0 Å². The summed E-state index contributed by atoms with van der Waals surface area (Å²) in [5.74, 6) is 0. The lowest BCUT2D eigenvalue weighted by Gasteiger charge is -2.12. The molecule has 2 heteroatoms. The molecule has 0 spiro atoms. The first kappa shape index (κ1) is 14.3. The zero-order valence-electron chi connectivity index (χ0n) is 12.6. The second-order valence-electron chi connectivity index (χ2n) is 5.84. The van der Waals surface area contributed by atoms with Gasteiger partial charge < -0.3 is 5.73 Å². The average molecular weight is 295 g/mol. The normalized spacial score (nSPS) is 12.7. The first-order valence-electron chi connectivity index (χ1n) is 7.40. The van der Waals surface area contributed by atoms with E-state index in [1.54, 1.807) is 0 Å². The molecular weight excluding hydrogens is 274 g/mol. The van der Waals surface area contributed by atoms with Gasteiger partial charge in [0.05, 0.1) is 0 Å². The first-order chi connectivity index (χ1) is 10.1. The summed E-state index contributed by atoms with van der Waals surface area (Å²) in [6, 6.07) is 15.4. The molecule has 0 fully saturated rings. The van der Waals surface area contributed by atoms with Crippen molar-refractivity contribution in [3.05, 3.63) is 70.1 Å². The van der Waals surface area contributed by atoms with Crippen LogP contribution in [0.5, 0.6) is 0 Å². The zero-order chi connectivity index (χ0) is 14.8. The van der Waals surface area contributed by atoms with E-state index in [1.807, 2.05) is 11.3 Å². The molecule has 0 radical (unpaired) electrons. The largest absolute Gasteiger partial charge is 0.327 e. The third-order valence-electron chi connectivity index (χ3n) is 4.11. The Morgan fingerprint density at radius 3 is 2.62 bits per heavy atom. The van der Waals surface area contributed by atoms with Crippen LogP contribution in [0.3, 0.4) is 0 Å². The number of nitrogens with two attached hydrogens (primary N) is 1. The fourth-order valence-corrected chi connectivity index (χ4v) is 3.75. The van der Waals surface area contributed by atoms with Crippen molar-refractivity contribution in [2.75, 3.05) is 0 Å². The van der Waals surface area contributed by atoms with E-state index in [1.165, 1.54) is 32.3 Å². The molecule has 0 aliphatic carbocycles. The second kappa shape index (κ2) is 6.00. The number of aryl methyl sites for hydroxylation is 2. The van der Waals surface area contributed by atoms with Crippen LogP contribution in [0.4, 0.5) is 0 Å². The number of hydrogen-bond acceptors (Lipinski definition) is 2. The molecule has 1 aromatic heterocycles. The minimum atomic E-state index is 0.171. The molecule has 0 amide bonds. The molecule has 1 heterocycles. The Morgan fingerprint density at radius 2 is 1.81 bits per heavy atom. The van der Waals surface area contributed by atoms with Gasteiger partial charge in [-0.1, -0.05) is 36.4 Å². The van der Waals surface area contributed by atoms with E-state index in [-0.39, 0.29) is 6.04 Å². The van der Waals surface area contributed by atoms with Crippen molar-refractivity contribution in [1.29, 1.82) is 0 Å². The maximum absolute atomic E-state index is 6.38. The van der Waals surface area contributed by atoms with Crippen LogP contribution in [-0.2, 0) is 12.8 Å². The molecule has 0 saturated carbocycles. The molecule has 2 aromatic carbocycles. The van der Waals surface area contributed by atoms with Crippen LogP contribution in [0, 0.1) is 13.8 Å². The maximum atomic E-state index is 6.38. The number of rotatable bonds is 4. The molecule has 1 atom stereocenters. The van der Waals surface area contributed by atoms with Gasteiger partial charge in [0.15, 0.2) is 0 Å². The summed E-state index contributed by atoms with van der Waals surface area (Å²) >= 11 is 1.81. The Hall–Kier alpha value is -1.64. The maximum Gasteiger partial charge on any atom is 0.0345 e. The van der Waals surface area contributed by atoms with Crippen LogP contribution in [0.25, 0.3) is 10.1 Å². The van der Waals surface area contributed by atoms with E-state index in [2.05, 4.69) is 61.7 Å². The van der Waals surface area contributed by atoms with E-state index >= 15 is 0 Å². The molecule has 3 aromatic rings. The highest BCUT2D eigenvalue weighted by Crippen LogP contribution is 2.26. The van der Waals surface area contributed by atoms with Gasteiger partial charge in [0.1, 0.15) is 0 Å². The lowest BCUT2D eigenvalue weighted by atomic mass is 9.97. The Balaban J connectivity index is 1.74. The molecule has 1 nitrogen and oxygen atoms in total. The highest BCUT2D eigenvalue weighted by molar-refractivity contribution is 7.17. The molecule has 108 valence electrons. The summed E-state index contributed by atoms with van der Waals surface area (Å²) < 4.78 is 1.35. The van der Waals surface area contributed by atoms with Gasteiger partial charge in [-0.3, -0.25) is 0 Å². The molecule has 21 heavy (non-hydrogen) atoms. The molecule has 0 saturated heterocycles. The summed E-state index contributed by atoms with van der Waals surface area (Å²) in [7, 11) is 0. The fraction of sp³-hybridized carbons (Fsp3) is 0.263. The van der Waals surface area contributed by atoms with Crippen molar-refractivity contribution in [2.24, 2.45) is 5.73 Å². The minimum Gasteiger partial charge on any atom is -0.327 e. The molecule has 0 aliphatic heterocycles. The number of hydrogen-bond donors (Lipinski definition) is 1. The summed E-state index contributed by atoms with van der Waals surface area (Å²) in [6.07, 6.45) is 1.88. The smallest absolute Gasteiger partial charge is 0.0345 e. The Morgan fingerprint density at radius 1 is 1.00 bits per heavy atom. The van der Waals surface area contributed by atoms with Crippen LogP contribution in [0.2, 0.25) is 0 Å². The van der Waals surface area contributed by atoms with Gasteiger partial charge in [-0.05, 0) is 65.8 Å². The monoisotopic (exact) mass is 295 g/mol. The predicted octanol–water partition coefficient (Wildman–Crippen LogP) is 4.63. The molecular formula is C19H21NS. The number of benzene rings is 2. The number of fused-ring (bicyclic) bond motifs is 1. The lowest BCUT2D eigenvalue weighted by molar-refractivity contribution is 0.668. The quantitative estimate of drug-likeness (QED) is 0.746. The van der Waals surface area contributed by atoms with Gasteiger partial charge in [-0.25, -0.2) is 0 Å². The van der Waals surface area contributed by atoms with Crippen molar-refractivity contribution in [3.8, 4) is 0 Å². The van der Waals surface area contributed by atoms with Crippen LogP contribution in [-0.4, -0.2) is 6.04 Å². The summed E-state index contributed by atoms with van der Waals surface area (Å²) in [6.45, 7) is 4.31. The van der Waals surface area contributed by atoms with E-state index in [9.17, 15) is 0 Å². The highest BCUT2D eigenvalue weighted by Gasteiger charge is 2.10. The third kappa shape index (κ3) is 3.17. The van der Waals surface area contributed by atoms with Crippen LogP contribution < -0.4 is 5.73 Å². The van der Waals surface area contributed by atoms with E-state index in [0.29, 0.717) is 0 Å². The van der Waals surface area contributed by atoms with Crippen LogP contribution in [0.1, 0.15) is 22.3 Å². The number of thiophene rings is 1. The molecule has 2 N–H and O–H groups in total. The third-order valence-corrected chi connectivity index (χ3v) is 5.12. The summed E-state index contributed by atoms with van der Waals surface area (Å²) in [5.41, 5.74) is 11.8. The van der Waals surface area contributed by atoms with E-state index in [4.69, 9.17) is 5.73 Å². The van der Waals surface area contributed by atoms with Crippen molar-refractivity contribution in [1.82, 2.24) is 0 Å². The first-order valence-corrected chi connectivity index (χ1v) is 8.28. The molecule has 1 unspecified atom stereocenters. The molecule has 3 rings (SSSR count). The van der Waals surface area contributed by atoms with Gasteiger partial charge in [0.25, 0.3) is 0 Å². The Bertz CT molecular complexity index is 757. The van der Waals surface area contributed by atoms with Crippen LogP contribution >= 0.6 is 11.3 Å². The van der Waals surface area contributed by atoms with Gasteiger partial charge in [0.2, 0.25) is 0 Å². The summed E-state index contributed by atoms with van der Waals surface area (Å²) in [5, 5.41) is 3.61. The van der Waals surface area contributed by atoms with Gasteiger partial charge >= 0.3 is 0 Å². The fourth-order valence-electron chi connectivity index (χ4n) is 2.78.